The highest BCUT2D eigenvalue weighted by molar-refractivity contribution is 6.11. The molecule has 1 aromatic carbocycles. The molecule has 2 aliphatic rings. The highest BCUT2D eigenvalue weighted by atomic mass is 16.2. The maximum Gasteiger partial charge on any atom is 0.261 e. The Morgan fingerprint density at radius 2 is 1.94 bits per heavy atom. The SMILES string of the molecule is O=C(CN1C(=O)Cc2ccccc2C1=O)C1CC1. The van der Waals surface area contributed by atoms with Crippen molar-refractivity contribution in [3.63, 3.8) is 0 Å². The molecule has 0 N–H and O–H groups in total. The number of amides is 2. The van der Waals surface area contributed by atoms with Gasteiger partial charge in [0.2, 0.25) is 5.91 Å². The summed E-state index contributed by atoms with van der Waals surface area (Å²) in [4.78, 5) is 36.9. The first-order valence-electron chi connectivity index (χ1n) is 6.12. The van der Waals surface area contributed by atoms with Crippen molar-refractivity contribution in [2.45, 2.75) is 19.3 Å². The number of hydrogen-bond donors (Lipinski definition) is 0. The first-order valence-corrected chi connectivity index (χ1v) is 6.12. The average molecular weight is 243 g/mol. The summed E-state index contributed by atoms with van der Waals surface area (Å²) in [5.74, 6) is -0.526. The molecule has 1 heterocycles. The summed E-state index contributed by atoms with van der Waals surface area (Å²) >= 11 is 0. The second-order valence-electron chi connectivity index (χ2n) is 4.86. The number of nitrogens with zero attached hydrogens (tertiary/aromatic N) is 1. The van der Waals surface area contributed by atoms with E-state index in [0.717, 1.165) is 23.3 Å². The van der Waals surface area contributed by atoms with Gasteiger partial charge in [-0.05, 0) is 24.5 Å². The van der Waals surface area contributed by atoms with Crippen LogP contribution >= 0.6 is 0 Å². The molecule has 18 heavy (non-hydrogen) atoms. The van der Waals surface area contributed by atoms with E-state index in [2.05, 4.69) is 0 Å². The summed E-state index contributed by atoms with van der Waals surface area (Å²) in [6.45, 7) is -0.0589. The third-order valence-electron chi connectivity index (χ3n) is 3.48. The third-order valence-corrected chi connectivity index (χ3v) is 3.48. The fourth-order valence-electron chi connectivity index (χ4n) is 2.25. The van der Waals surface area contributed by atoms with Gasteiger partial charge in [-0.2, -0.15) is 0 Å². The summed E-state index contributed by atoms with van der Waals surface area (Å²) in [7, 11) is 0. The molecule has 0 aromatic heterocycles. The van der Waals surface area contributed by atoms with Crippen LogP contribution in [-0.2, 0) is 16.0 Å². The van der Waals surface area contributed by atoms with Crippen LogP contribution in [0.15, 0.2) is 24.3 Å². The van der Waals surface area contributed by atoms with Gasteiger partial charge in [0.1, 0.15) is 0 Å². The molecule has 0 atom stereocenters. The van der Waals surface area contributed by atoms with Gasteiger partial charge in [-0.15, -0.1) is 0 Å². The van der Waals surface area contributed by atoms with Gasteiger partial charge >= 0.3 is 0 Å². The Labute approximate surface area is 105 Å². The zero-order valence-electron chi connectivity index (χ0n) is 9.89. The van der Waals surface area contributed by atoms with Gasteiger partial charge in [0, 0.05) is 11.5 Å². The zero-order chi connectivity index (χ0) is 12.7. The van der Waals surface area contributed by atoms with Crippen molar-refractivity contribution < 1.29 is 14.4 Å². The topological polar surface area (TPSA) is 54.5 Å². The number of rotatable bonds is 3. The number of hydrogen-bond acceptors (Lipinski definition) is 3. The third kappa shape index (κ3) is 1.83. The molecule has 1 aromatic rings. The fraction of sp³-hybridized carbons (Fsp3) is 0.357. The fourth-order valence-corrected chi connectivity index (χ4v) is 2.25. The minimum atomic E-state index is -0.337. The normalized spacial score (nSPS) is 18.8. The van der Waals surface area contributed by atoms with Crippen molar-refractivity contribution in [1.29, 1.82) is 0 Å². The van der Waals surface area contributed by atoms with Gasteiger partial charge in [-0.1, -0.05) is 18.2 Å². The lowest BCUT2D eigenvalue weighted by molar-refractivity contribution is -0.133. The Kier molecular flexibility index (Phi) is 2.51. The van der Waals surface area contributed by atoms with Crippen LogP contribution in [0, 0.1) is 5.92 Å². The van der Waals surface area contributed by atoms with E-state index < -0.39 is 0 Å². The van der Waals surface area contributed by atoms with Crippen LogP contribution in [0.5, 0.6) is 0 Å². The van der Waals surface area contributed by atoms with Crippen LogP contribution in [-0.4, -0.2) is 29.0 Å². The molecule has 0 unspecified atom stereocenters. The van der Waals surface area contributed by atoms with Crippen LogP contribution in [0.4, 0.5) is 0 Å². The largest absolute Gasteiger partial charge is 0.297 e. The van der Waals surface area contributed by atoms with E-state index in [1.807, 2.05) is 6.07 Å². The quantitative estimate of drug-likeness (QED) is 0.749. The molecule has 1 aliphatic heterocycles. The van der Waals surface area contributed by atoms with E-state index in [0.29, 0.717) is 5.56 Å². The van der Waals surface area contributed by atoms with Crippen molar-refractivity contribution in [3.8, 4) is 0 Å². The number of carbonyl (C=O) groups is 3. The minimum Gasteiger partial charge on any atom is -0.297 e. The van der Waals surface area contributed by atoms with Gasteiger partial charge in [-0.3, -0.25) is 19.3 Å². The summed E-state index contributed by atoms with van der Waals surface area (Å²) in [6, 6.07) is 7.07. The van der Waals surface area contributed by atoms with Crippen molar-refractivity contribution in [1.82, 2.24) is 4.90 Å². The smallest absolute Gasteiger partial charge is 0.261 e. The maximum absolute atomic E-state index is 12.2. The summed E-state index contributed by atoms with van der Waals surface area (Å²) < 4.78 is 0. The molecule has 1 saturated carbocycles. The average Bonchev–Trinajstić information content (AvgIpc) is 3.18. The first kappa shape index (κ1) is 11.1. The first-order chi connectivity index (χ1) is 8.66. The van der Waals surface area contributed by atoms with Crippen LogP contribution < -0.4 is 0 Å². The molecule has 4 nitrogen and oxygen atoms in total. The van der Waals surface area contributed by atoms with E-state index in [4.69, 9.17) is 0 Å². The summed E-state index contributed by atoms with van der Waals surface area (Å²) in [6.07, 6.45) is 2.00. The summed E-state index contributed by atoms with van der Waals surface area (Å²) in [5.41, 5.74) is 1.29. The molecule has 0 saturated heterocycles. The van der Waals surface area contributed by atoms with E-state index in [1.54, 1.807) is 18.2 Å². The highest BCUT2D eigenvalue weighted by Crippen LogP contribution is 2.30. The second kappa shape index (κ2) is 4.05. The van der Waals surface area contributed by atoms with Gasteiger partial charge in [0.05, 0.1) is 13.0 Å². The monoisotopic (exact) mass is 243 g/mol. The van der Waals surface area contributed by atoms with E-state index >= 15 is 0 Å². The highest BCUT2D eigenvalue weighted by Gasteiger charge is 2.36. The molecular weight excluding hydrogens is 230 g/mol. The van der Waals surface area contributed by atoms with Crippen LogP contribution in [0.2, 0.25) is 0 Å². The molecule has 1 fully saturated rings. The molecule has 0 bridgehead atoms. The zero-order valence-corrected chi connectivity index (χ0v) is 9.89. The Morgan fingerprint density at radius 3 is 2.67 bits per heavy atom. The lowest BCUT2D eigenvalue weighted by Crippen LogP contribution is -2.45. The van der Waals surface area contributed by atoms with E-state index in [9.17, 15) is 14.4 Å². The van der Waals surface area contributed by atoms with Crippen molar-refractivity contribution in [2.75, 3.05) is 6.54 Å². The molecule has 3 rings (SSSR count). The molecule has 0 radical (unpaired) electrons. The lowest BCUT2D eigenvalue weighted by atomic mass is 9.98. The molecule has 2 amide bonds. The summed E-state index contributed by atoms with van der Waals surface area (Å²) in [5, 5.41) is 0. The standard InChI is InChI=1S/C14H13NO3/c16-12(9-5-6-9)8-15-13(17)7-10-3-1-2-4-11(10)14(15)18/h1-4,9H,5-8H2. The van der Waals surface area contributed by atoms with E-state index in [-0.39, 0.29) is 36.5 Å². The van der Waals surface area contributed by atoms with Crippen molar-refractivity contribution in [3.05, 3.63) is 35.4 Å². The second-order valence-corrected chi connectivity index (χ2v) is 4.86. The number of benzene rings is 1. The maximum atomic E-state index is 12.2. The van der Waals surface area contributed by atoms with Crippen LogP contribution in [0.3, 0.4) is 0 Å². The van der Waals surface area contributed by atoms with Gasteiger partial charge in [0.25, 0.3) is 5.91 Å². The van der Waals surface area contributed by atoms with Crippen LogP contribution in [0.25, 0.3) is 0 Å². The minimum absolute atomic E-state index is 0.0103. The molecule has 0 spiro atoms. The Hall–Kier alpha value is -1.97. The predicted octanol–water partition coefficient (Wildman–Crippen LogP) is 1.19. The number of ketones is 1. The number of Topliss-reactive ketones (excluding diaryl/α,β-unsaturated/α-hetero) is 1. The van der Waals surface area contributed by atoms with Gasteiger partial charge < -0.3 is 0 Å². The van der Waals surface area contributed by atoms with Gasteiger partial charge in [0.15, 0.2) is 5.78 Å². The van der Waals surface area contributed by atoms with Crippen molar-refractivity contribution >= 4 is 17.6 Å². The van der Waals surface area contributed by atoms with Gasteiger partial charge in [-0.25, -0.2) is 0 Å². The Bertz CT molecular complexity index is 546. The molecular formula is C14H13NO3. The van der Waals surface area contributed by atoms with E-state index in [1.165, 1.54) is 0 Å². The van der Waals surface area contributed by atoms with Crippen molar-refractivity contribution in [2.24, 2.45) is 5.92 Å². The molecule has 1 aliphatic carbocycles. The number of fused-ring (bicyclic) bond motifs is 1. The number of carbonyl (C=O) groups excluding carboxylic acids is 3. The Morgan fingerprint density at radius 1 is 1.22 bits per heavy atom. The Balaban J connectivity index is 1.85. The lowest BCUT2D eigenvalue weighted by Gasteiger charge is -2.26. The molecule has 4 heteroatoms. The molecule has 92 valence electrons. The van der Waals surface area contributed by atoms with Crippen LogP contribution in [0.1, 0.15) is 28.8 Å². The predicted molar refractivity (Wildman–Crippen MR) is 63.9 cm³/mol. The number of imide groups is 1.